The second-order valence-electron chi connectivity index (χ2n) is 5.33. The first-order chi connectivity index (χ1) is 12.2. The third-order valence-electron chi connectivity index (χ3n) is 3.51. The summed E-state index contributed by atoms with van der Waals surface area (Å²) in [5.74, 6) is 0.627. The zero-order chi connectivity index (χ0) is 18.1. The number of hydrogen-bond donors (Lipinski definition) is 2. The van der Waals surface area contributed by atoms with E-state index in [1.807, 2.05) is 55.5 Å². The number of nitrogens with one attached hydrogen (secondary N) is 1. The lowest BCUT2D eigenvalue weighted by molar-refractivity contribution is -0.119. The van der Waals surface area contributed by atoms with Crippen LogP contribution in [0.3, 0.4) is 0 Å². The number of amides is 1. The van der Waals surface area contributed by atoms with E-state index < -0.39 is 12.2 Å². The molecule has 0 fully saturated rings. The highest BCUT2D eigenvalue weighted by Crippen LogP contribution is 2.32. The van der Waals surface area contributed by atoms with E-state index in [1.165, 1.54) is 0 Å². The van der Waals surface area contributed by atoms with Crippen LogP contribution in [0.15, 0.2) is 54.6 Å². The van der Waals surface area contributed by atoms with E-state index in [0.717, 1.165) is 5.56 Å². The molecule has 5 nitrogen and oxygen atoms in total. The molecule has 0 radical (unpaired) electrons. The Labute approximate surface area is 152 Å². The summed E-state index contributed by atoms with van der Waals surface area (Å²) >= 11 is 5.48. The van der Waals surface area contributed by atoms with Gasteiger partial charge < -0.3 is 19.9 Å². The highest BCUT2D eigenvalue weighted by molar-refractivity contribution is 6.27. The first kappa shape index (κ1) is 19.1. The number of carbonyl (C=O) groups is 1. The molecule has 0 aromatic heterocycles. The molecule has 0 spiro atoms. The Balaban J connectivity index is 2.22. The zero-order valence-corrected chi connectivity index (χ0v) is 14.8. The Kier molecular flexibility index (Phi) is 7.57. The van der Waals surface area contributed by atoms with Gasteiger partial charge in [0.05, 0.1) is 6.61 Å². The molecule has 2 N–H and O–H groups in total. The molecule has 2 atom stereocenters. The van der Waals surface area contributed by atoms with Crippen LogP contribution in [0, 0.1) is 0 Å². The van der Waals surface area contributed by atoms with Gasteiger partial charge in [0, 0.05) is 6.54 Å². The predicted molar refractivity (Wildman–Crippen MR) is 97.2 cm³/mol. The fourth-order valence-corrected chi connectivity index (χ4v) is 2.44. The van der Waals surface area contributed by atoms with Crippen molar-refractivity contribution >= 4 is 17.5 Å². The minimum absolute atomic E-state index is 0.0297. The summed E-state index contributed by atoms with van der Waals surface area (Å²) in [6.07, 6.45) is -1.62. The molecule has 0 aliphatic heterocycles. The SMILES string of the molecule is CCOc1ccccc1O[C@@H](c1ccccc1)C(O)CNC(=O)CCl. The van der Waals surface area contributed by atoms with Gasteiger partial charge in [-0.05, 0) is 24.6 Å². The Morgan fingerprint density at radius 1 is 1.12 bits per heavy atom. The first-order valence-electron chi connectivity index (χ1n) is 8.09. The predicted octanol–water partition coefficient (Wildman–Crippen LogP) is 2.92. The van der Waals surface area contributed by atoms with Gasteiger partial charge in [-0.25, -0.2) is 0 Å². The van der Waals surface area contributed by atoms with Crippen LogP contribution in [0.2, 0.25) is 0 Å². The number of carbonyl (C=O) groups excluding carboxylic acids is 1. The zero-order valence-electron chi connectivity index (χ0n) is 14.0. The van der Waals surface area contributed by atoms with E-state index in [0.29, 0.717) is 18.1 Å². The van der Waals surface area contributed by atoms with Gasteiger partial charge in [0.15, 0.2) is 17.6 Å². The monoisotopic (exact) mass is 363 g/mol. The number of halogens is 1. The van der Waals surface area contributed by atoms with E-state index in [2.05, 4.69) is 5.32 Å². The van der Waals surface area contributed by atoms with Crippen LogP contribution in [0.4, 0.5) is 0 Å². The van der Waals surface area contributed by atoms with E-state index in [-0.39, 0.29) is 18.3 Å². The molecular weight excluding hydrogens is 342 g/mol. The Morgan fingerprint density at radius 2 is 1.76 bits per heavy atom. The molecular formula is C19H22ClNO4. The summed E-state index contributed by atoms with van der Waals surface area (Å²) in [6.45, 7) is 2.43. The molecule has 134 valence electrons. The standard InChI is InChI=1S/C19H22ClNO4/c1-2-24-16-10-6-7-11-17(16)25-19(14-8-4-3-5-9-14)15(22)13-21-18(23)12-20/h3-11,15,19,22H,2,12-13H2,1H3,(H,21,23)/t15?,19-/m0/s1. The molecule has 2 aromatic carbocycles. The molecule has 1 amide bonds. The van der Waals surface area contributed by atoms with Crippen molar-refractivity contribution in [2.45, 2.75) is 19.1 Å². The van der Waals surface area contributed by atoms with Crippen LogP contribution in [0.5, 0.6) is 11.5 Å². The Morgan fingerprint density at radius 3 is 2.40 bits per heavy atom. The fourth-order valence-electron chi connectivity index (χ4n) is 2.34. The average molecular weight is 364 g/mol. The van der Waals surface area contributed by atoms with Gasteiger partial charge in [0.25, 0.3) is 0 Å². The maximum absolute atomic E-state index is 11.4. The summed E-state index contributed by atoms with van der Waals surface area (Å²) in [5.41, 5.74) is 0.793. The number of aliphatic hydroxyl groups is 1. The van der Waals surface area contributed by atoms with Crippen molar-refractivity contribution in [3.8, 4) is 11.5 Å². The highest BCUT2D eigenvalue weighted by Gasteiger charge is 2.24. The smallest absolute Gasteiger partial charge is 0.235 e. The van der Waals surface area contributed by atoms with Gasteiger partial charge in [0.2, 0.25) is 5.91 Å². The Hall–Kier alpha value is -2.24. The minimum atomic E-state index is -0.954. The van der Waals surface area contributed by atoms with E-state index >= 15 is 0 Å². The number of ether oxygens (including phenoxy) is 2. The summed E-state index contributed by atoms with van der Waals surface area (Å²) in [7, 11) is 0. The van der Waals surface area contributed by atoms with Crippen molar-refractivity contribution in [3.05, 3.63) is 60.2 Å². The summed E-state index contributed by atoms with van der Waals surface area (Å²) < 4.78 is 11.6. The molecule has 2 rings (SSSR count). The van der Waals surface area contributed by atoms with Crippen LogP contribution >= 0.6 is 11.6 Å². The molecule has 0 aliphatic carbocycles. The lowest BCUT2D eigenvalue weighted by Gasteiger charge is -2.26. The van der Waals surface area contributed by atoms with Crippen LogP contribution in [0.25, 0.3) is 0 Å². The minimum Gasteiger partial charge on any atom is -0.490 e. The molecule has 0 aliphatic rings. The van der Waals surface area contributed by atoms with Crippen molar-refractivity contribution < 1.29 is 19.4 Å². The summed E-state index contributed by atoms with van der Waals surface area (Å²) in [5, 5.41) is 13.1. The van der Waals surface area contributed by atoms with E-state index in [1.54, 1.807) is 6.07 Å². The number of alkyl halides is 1. The largest absolute Gasteiger partial charge is 0.490 e. The van der Waals surface area contributed by atoms with Crippen molar-refractivity contribution in [1.82, 2.24) is 5.32 Å². The third kappa shape index (κ3) is 5.66. The van der Waals surface area contributed by atoms with Gasteiger partial charge in [0.1, 0.15) is 12.0 Å². The van der Waals surface area contributed by atoms with Gasteiger partial charge in [-0.15, -0.1) is 11.6 Å². The van der Waals surface area contributed by atoms with Crippen LogP contribution < -0.4 is 14.8 Å². The van der Waals surface area contributed by atoms with Crippen LogP contribution in [-0.4, -0.2) is 36.1 Å². The number of para-hydroxylation sites is 2. The fraction of sp³-hybridized carbons (Fsp3) is 0.316. The molecule has 25 heavy (non-hydrogen) atoms. The van der Waals surface area contributed by atoms with Crippen molar-refractivity contribution in [3.63, 3.8) is 0 Å². The van der Waals surface area contributed by atoms with Crippen molar-refractivity contribution in [2.24, 2.45) is 0 Å². The average Bonchev–Trinajstić information content (AvgIpc) is 2.66. The van der Waals surface area contributed by atoms with Gasteiger partial charge in [-0.3, -0.25) is 4.79 Å². The molecule has 0 heterocycles. The Bertz CT molecular complexity index is 665. The quantitative estimate of drug-likeness (QED) is 0.672. The number of rotatable bonds is 9. The second-order valence-corrected chi connectivity index (χ2v) is 5.60. The second kappa shape index (κ2) is 9.91. The lowest BCUT2D eigenvalue weighted by Crippen LogP contribution is -2.37. The molecule has 0 saturated heterocycles. The third-order valence-corrected chi connectivity index (χ3v) is 3.75. The molecule has 1 unspecified atom stereocenters. The van der Waals surface area contributed by atoms with Gasteiger partial charge in [-0.1, -0.05) is 42.5 Å². The molecule has 0 bridgehead atoms. The van der Waals surface area contributed by atoms with Crippen LogP contribution in [-0.2, 0) is 4.79 Å². The van der Waals surface area contributed by atoms with Gasteiger partial charge in [-0.2, -0.15) is 0 Å². The first-order valence-corrected chi connectivity index (χ1v) is 8.63. The number of benzene rings is 2. The van der Waals surface area contributed by atoms with Crippen molar-refractivity contribution in [2.75, 3.05) is 19.0 Å². The van der Waals surface area contributed by atoms with E-state index in [4.69, 9.17) is 21.1 Å². The summed E-state index contributed by atoms with van der Waals surface area (Å²) in [4.78, 5) is 11.4. The number of hydrogen-bond acceptors (Lipinski definition) is 4. The summed E-state index contributed by atoms with van der Waals surface area (Å²) in [6, 6.07) is 16.6. The normalized spacial score (nSPS) is 12.9. The maximum atomic E-state index is 11.4. The topological polar surface area (TPSA) is 67.8 Å². The van der Waals surface area contributed by atoms with E-state index in [9.17, 15) is 9.90 Å². The molecule has 0 saturated carbocycles. The molecule has 6 heteroatoms. The van der Waals surface area contributed by atoms with Crippen LogP contribution in [0.1, 0.15) is 18.6 Å². The number of aliphatic hydroxyl groups excluding tert-OH is 1. The highest BCUT2D eigenvalue weighted by atomic mass is 35.5. The molecule has 2 aromatic rings. The maximum Gasteiger partial charge on any atom is 0.235 e. The lowest BCUT2D eigenvalue weighted by atomic mass is 10.0. The van der Waals surface area contributed by atoms with Crippen molar-refractivity contribution in [1.29, 1.82) is 0 Å². The van der Waals surface area contributed by atoms with Gasteiger partial charge >= 0.3 is 0 Å².